The number of anilines is 1. The van der Waals surface area contributed by atoms with Crippen LogP contribution in [-0.4, -0.2) is 26.3 Å². The van der Waals surface area contributed by atoms with Gasteiger partial charge < -0.3 is 9.88 Å². The normalized spacial score (nSPS) is 10.6. The SMILES string of the molecule is CCCNc1cccc(CSc2nncn2C)n1. The van der Waals surface area contributed by atoms with Crippen LogP contribution in [0.4, 0.5) is 5.82 Å². The molecule has 0 atom stereocenters. The predicted molar refractivity (Wildman–Crippen MR) is 73.6 cm³/mol. The van der Waals surface area contributed by atoms with E-state index in [1.807, 2.05) is 29.8 Å². The Balaban J connectivity index is 1.95. The van der Waals surface area contributed by atoms with Gasteiger partial charge in [0.2, 0.25) is 0 Å². The van der Waals surface area contributed by atoms with Crippen LogP contribution in [0.5, 0.6) is 0 Å². The molecule has 0 fully saturated rings. The molecule has 0 amide bonds. The van der Waals surface area contributed by atoms with Gasteiger partial charge in [0, 0.05) is 19.3 Å². The molecule has 96 valence electrons. The van der Waals surface area contributed by atoms with E-state index in [-0.39, 0.29) is 0 Å². The number of hydrogen-bond acceptors (Lipinski definition) is 5. The van der Waals surface area contributed by atoms with Gasteiger partial charge in [-0.05, 0) is 18.6 Å². The molecule has 1 N–H and O–H groups in total. The zero-order chi connectivity index (χ0) is 12.8. The monoisotopic (exact) mass is 263 g/mol. The van der Waals surface area contributed by atoms with Crippen LogP contribution >= 0.6 is 11.8 Å². The van der Waals surface area contributed by atoms with Gasteiger partial charge in [0.1, 0.15) is 12.1 Å². The highest BCUT2D eigenvalue weighted by atomic mass is 32.2. The zero-order valence-electron chi connectivity index (χ0n) is 10.6. The highest BCUT2D eigenvalue weighted by molar-refractivity contribution is 7.98. The lowest BCUT2D eigenvalue weighted by atomic mass is 10.3. The number of pyridine rings is 1. The summed E-state index contributed by atoms with van der Waals surface area (Å²) < 4.78 is 1.91. The lowest BCUT2D eigenvalue weighted by molar-refractivity contribution is 0.788. The van der Waals surface area contributed by atoms with Crippen molar-refractivity contribution in [2.75, 3.05) is 11.9 Å². The minimum absolute atomic E-state index is 0.800. The summed E-state index contributed by atoms with van der Waals surface area (Å²) in [6.45, 7) is 3.09. The number of nitrogens with one attached hydrogen (secondary N) is 1. The van der Waals surface area contributed by atoms with Crippen LogP contribution in [-0.2, 0) is 12.8 Å². The van der Waals surface area contributed by atoms with Crippen molar-refractivity contribution >= 4 is 17.6 Å². The Morgan fingerprint density at radius 1 is 1.39 bits per heavy atom. The molecule has 0 aliphatic heterocycles. The van der Waals surface area contributed by atoms with Crippen molar-refractivity contribution in [3.63, 3.8) is 0 Å². The summed E-state index contributed by atoms with van der Waals surface area (Å²) in [6.07, 6.45) is 2.80. The summed E-state index contributed by atoms with van der Waals surface area (Å²) in [5.41, 5.74) is 1.05. The van der Waals surface area contributed by atoms with Crippen molar-refractivity contribution in [2.45, 2.75) is 24.3 Å². The number of rotatable bonds is 6. The summed E-state index contributed by atoms with van der Waals surface area (Å²) in [4.78, 5) is 4.55. The van der Waals surface area contributed by atoms with E-state index < -0.39 is 0 Å². The second kappa shape index (κ2) is 6.39. The first-order chi connectivity index (χ1) is 8.79. The topological polar surface area (TPSA) is 55.6 Å². The molecule has 0 aliphatic rings. The summed E-state index contributed by atoms with van der Waals surface area (Å²) in [7, 11) is 1.94. The molecule has 18 heavy (non-hydrogen) atoms. The first-order valence-electron chi connectivity index (χ1n) is 5.96. The average molecular weight is 263 g/mol. The Hall–Kier alpha value is -1.56. The van der Waals surface area contributed by atoms with E-state index in [9.17, 15) is 0 Å². The zero-order valence-corrected chi connectivity index (χ0v) is 11.4. The molecule has 2 aromatic heterocycles. The quantitative estimate of drug-likeness (QED) is 0.811. The standard InChI is InChI=1S/C12H17N5S/c1-3-7-13-11-6-4-5-10(15-11)8-18-12-16-14-9-17(12)2/h4-6,9H,3,7-8H2,1-2H3,(H,13,15). The molecule has 2 rings (SSSR count). The molecule has 0 bridgehead atoms. The van der Waals surface area contributed by atoms with E-state index in [4.69, 9.17) is 0 Å². The smallest absolute Gasteiger partial charge is 0.191 e. The van der Waals surface area contributed by atoms with Gasteiger partial charge in [-0.2, -0.15) is 0 Å². The molecule has 0 radical (unpaired) electrons. The van der Waals surface area contributed by atoms with E-state index in [2.05, 4.69) is 27.4 Å². The van der Waals surface area contributed by atoms with Crippen LogP contribution in [0.3, 0.4) is 0 Å². The lowest BCUT2D eigenvalue weighted by Crippen LogP contribution is -2.02. The van der Waals surface area contributed by atoms with Crippen LogP contribution in [0.1, 0.15) is 19.0 Å². The van der Waals surface area contributed by atoms with E-state index in [1.54, 1.807) is 18.1 Å². The molecular formula is C12H17N5S. The third kappa shape index (κ3) is 3.46. The predicted octanol–water partition coefficient (Wildman–Crippen LogP) is 2.32. The van der Waals surface area contributed by atoms with Crippen LogP contribution in [0.25, 0.3) is 0 Å². The lowest BCUT2D eigenvalue weighted by Gasteiger charge is -2.06. The number of aryl methyl sites for hydroxylation is 1. The summed E-state index contributed by atoms with van der Waals surface area (Å²) in [6, 6.07) is 6.05. The van der Waals surface area contributed by atoms with Gasteiger partial charge in [-0.3, -0.25) is 0 Å². The molecule has 0 saturated heterocycles. The summed E-state index contributed by atoms with van der Waals surface area (Å²) in [5, 5.41) is 12.1. The van der Waals surface area contributed by atoms with E-state index in [0.717, 1.165) is 35.4 Å². The number of nitrogens with zero attached hydrogens (tertiary/aromatic N) is 4. The third-order valence-electron chi connectivity index (χ3n) is 2.38. The number of hydrogen-bond donors (Lipinski definition) is 1. The van der Waals surface area contributed by atoms with Gasteiger partial charge in [0.05, 0.1) is 5.69 Å². The van der Waals surface area contributed by atoms with Gasteiger partial charge in [0.25, 0.3) is 0 Å². The highest BCUT2D eigenvalue weighted by Crippen LogP contribution is 2.19. The van der Waals surface area contributed by atoms with Crippen LogP contribution in [0.2, 0.25) is 0 Å². The third-order valence-corrected chi connectivity index (χ3v) is 3.45. The minimum atomic E-state index is 0.800. The Labute approximate surface area is 111 Å². The number of thioether (sulfide) groups is 1. The minimum Gasteiger partial charge on any atom is -0.370 e. The molecule has 5 nitrogen and oxygen atoms in total. The van der Waals surface area contributed by atoms with Crippen LogP contribution in [0.15, 0.2) is 29.7 Å². The first-order valence-corrected chi connectivity index (χ1v) is 6.94. The molecule has 6 heteroatoms. The molecule has 0 saturated carbocycles. The second-order valence-electron chi connectivity index (χ2n) is 3.95. The Morgan fingerprint density at radius 3 is 3.00 bits per heavy atom. The fourth-order valence-corrected chi connectivity index (χ4v) is 2.25. The van der Waals surface area contributed by atoms with Crippen LogP contribution < -0.4 is 5.32 Å². The fraction of sp³-hybridized carbons (Fsp3) is 0.417. The van der Waals surface area contributed by atoms with Crippen LogP contribution in [0, 0.1) is 0 Å². The first kappa shape index (κ1) is 12.9. The highest BCUT2D eigenvalue weighted by Gasteiger charge is 2.03. The van der Waals surface area contributed by atoms with Crippen molar-refractivity contribution in [3.8, 4) is 0 Å². The van der Waals surface area contributed by atoms with Gasteiger partial charge in [-0.15, -0.1) is 10.2 Å². The summed E-state index contributed by atoms with van der Waals surface area (Å²) in [5.74, 6) is 1.74. The van der Waals surface area contributed by atoms with Crippen molar-refractivity contribution in [1.82, 2.24) is 19.7 Å². The molecule has 0 aliphatic carbocycles. The van der Waals surface area contributed by atoms with E-state index in [0.29, 0.717) is 0 Å². The Morgan fingerprint density at radius 2 is 2.28 bits per heavy atom. The van der Waals surface area contributed by atoms with Crippen molar-refractivity contribution in [1.29, 1.82) is 0 Å². The molecule has 0 spiro atoms. The van der Waals surface area contributed by atoms with Gasteiger partial charge in [-0.25, -0.2) is 4.98 Å². The van der Waals surface area contributed by atoms with Gasteiger partial charge in [-0.1, -0.05) is 24.8 Å². The van der Waals surface area contributed by atoms with Gasteiger partial charge in [0.15, 0.2) is 5.16 Å². The van der Waals surface area contributed by atoms with E-state index >= 15 is 0 Å². The largest absolute Gasteiger partial charge is 0.370 e. The molecule has 2 aromatic rings. The maximum atomic E-state index is 4.55. The molecule has 0 unspecified atom stereocenters. The Bertz CT molecular complexity index is 497. The number of aromatic nitrogens is 4. The molecular weight excluding hydrogens is 246 g/mol. The maximum absolute atomic E-state index is 4.55. The van der Waals surface area contributed by atoms with Crippen molar-refractivity contribution in [2.24, 2.45) is 7.05 Å². The Kier molecular flexibility index (Phi) is 4.58. The van der Waals surface area contributed by atoms with Crippen molar-refractivity contribution in [3.05, 3.63) is 30.2 Å². The molecule has 0 aromatic carbocycles. The summed E-state index contributed by atoms with van der Waals surface area (Å²) >= 11 is 1.64. The fourth-order valence-electron chi connectivity index (χ4n) is 1.45. The van der Waals surface area contributed by atoms with E-state index in [1.165, 1.54) is 0 Å². The average Bonchev–Trinajstić information content (AvgIpc) is 2.80. The second-order valence-corrected chi connectivity index (χ2v) is 4.90. The van der Waals surface area contributed by atoms with Gasteiger partial charge >= 0.3 is 0 Å². The molecule has 2 heterocycles. The maximum Gasteiger partial charge on any atom is 0.191 e. The van der Waals surface area contributed by atoms with Crippen molar-refractivity contribution < 1.29 is 0 Å².